The maximum absolute atomic E-state index is 11.8. The van der Waals surface area contributed by atoms with Crippen LogP contribution < -0.4 is 5.32 Å². The van der Waals surface area contributed by atoms with E-state index in [1.165, 1.54) is 11.3 Å². The van der Waals surface area contributed by atoms with Crippen molar-refractivity contribution in [3.63, 3.8) is 0 Å². The molecular weight excluding hydrogens is 276 g/mol. The standard InChI is InChI=1S/C13H24N4O2S/c1-4-5-6-12-15-16-13(20-12)14-11(19)9-17(3)8-7-10(2)18/h10,18H,4-9H2,1-3H3,(H,14,16,19). The Hall–Kier alpha value is -1.05. The van der Waals surface area contributed by atoms with E-state index in [1.807, 2.05) is 11.9 Å². The minimum Gasteiger partial charge on any atom is -0.393 e. The quantitative estimate of drug-likeness (QED) is 0.723. The summed E-state index contributed by atoms with van der Waals surface area (Å²) in [6.45, 7) is 4.85. The van der Waals surface area contributed by atoms with E-state index in [1.54, 1.807) is 6.92 Å². The number of aliphatic hydroxyl groups excluding tert-OH is 1. The van der Waals surface area contributed by atoms with Gasteiger partial charge in [0, 0.05) is 13.0 Å². The molecule has 1 unspecified atom stereocenters. The average molecular weight is 300 g/mol. The van der Waals surface area contributed by atoms with Crippen LogP contribution in [0.4, 0.5) is 5.13 Å². The smallest absolute Gasteiger partial charge is 0.240 e. The van der Waals surface area contributed by atoms with Crippen LogP contribution in [0.3, 0.4) is 0 Å². The van der Waals surface area contributed by atoms with Crippen LogP contribution in [0.25, 0.3) is 0 Å². The van der Waals surface area contributed by atoms with E-state index in [9.17, 15) is 9.90 Å². The van der Waals surface area contributed by atoms with Gasteiger partial charge in [-0.2, -0.15) is 0 Å². The molecule has 114 valence electrons. The van der Waals surface area contributed by atoms with Gasteiger partial charge in [0.2, 0.25) is 11.0 Å². The lowest BCUT2D eigenvalue weighted by atomic mass is 10.3. The Bertz CT molecular complexity index is 409. The van der Waals surface area contributed by atoms with Crippen LogP contribution in [-0.4, -0.2) is 52.4 Å². The molecular formula is C13H24N4O2S. The number of carbonyl (C=O) groups excluding carboxylic acids is 1. The number of carbonyl (C=O) groups is 1. The van der Waals surface area contributed by atoms with E-state index in [0.717, 1.165) is 24.3 Å². The fourth-order valence-electron chi connectivity index (χ4n) is 1.62. The topological polar surface area (TPSA) is 78.4 Å². The van der Waals surface area contributed by atoms with Crippen LogP contribution in [-0.2, 0) is 11.2 Å². The first-order valence-electron chi connectivity index (χ1n) is 7.00. The molecule has 0 saturated heterocycles. The van der Waals surface area contributed by atoms with Gasteiger partial charge in [0.15, 0.2) is 0 Å². The monoisotopic (exact) mass is 300 g/mol. The second-order valence-electron chi connectivity index (χ2n) is 5.03. The van der Waals surface area contributed by atoms with Crippen LogP contribution in [0.5, 0.6) is 0 Å². The molecule has 0 radical (unpaired) electrons. The first kappa shape index (κ1) is 17.0. The van der Waals surface area contributed by atoms with Gasteiger partial charge >= 0.3 is 0 Å². The third-order valence-electron chi connectivity index (χ3n) is 2.80. The minimum atomic E-state index is -0.343. The van der Waals surface area contributed by atoms with Gasteiger partial charge in [0.25, 0.3) is 0 Å². The molecule has 0 fully saturated rings. The Morgan fingerprint density at radius 1 is 1.50 bits per heavy atom. The fourth-order valence-corrected chi connectivity index (χ4v) is 2.42. The predicted octanol–water partition coefficient (Wildman–Crippen LogP) is 1.52. The molecule has 0 aliphatic carbocycles. The summed E-state index contributed by atoms with van der Waals surface area (Å²) in [4.78, 5) is 13.7. The molecule has 0 bridgehead atoms. The van der Waals surface area contributed by atoms with Crippen molar-refractivity contribution in [2.24, 2.45) is 0 Å². The minimum absolute atomic E-state index is 0.101. The third kappa shape index (κ3) is 6.93. The molecule has 0 aliphatic heterocycles. The molecule has 1 rings (SSSR count). The van der Waals surface area contributed by atoms with Crippen molar-refractivity contribution in [1.82, 2.24) is 15.1 Å². The van der Waals surface area contributed by atoms with Crippen LogP contribution in [0.2, 0.25) is 0 Å². The highest BCUT2D eigenvalue weighted by Crippen LogP contribution is 2.16. The van der Waals surface area contributed by atoms with Crippen molar-refractivity contribution < 1.29 is 9.90 Å². The molecule has 0 aromatic carbocycles. The van der Waals surface area contributed by atoms with Crippen molar-refractivity contribution in [3.8, 4) is 0 Å². The van der Waals surface area contributed by atoms with Crippen molar-refractivity contribution in [3.05, 3.63) is 5.01 Å². The number of aliphatic hydroxyl groups is 1. The van der Waals surface area contributed by atoms with Gasteiger partial charge in [-0.25, -0.2) is 0 Å². The van der Waals surface area contributed by atoms with Crippen molar-refractivity contribution in [2.75, 3.05) is 25.5 Å². The SMILES string of the molecule is CCCCc1nnc(NC(=O)CN(C)CCC(C)O)s1. The molecule has 1 aromatic heterocycles. The van der Waals surface area contributed by atoms with Crippen molar-refractivity contribution in [1.29, 1.82) is 0 Å². The summed E-state index contributed by atoms with van der Waals surface area (Å²) in [5.74, 6) is -0.101. The third-order valence-corrected chi connectivity index (χ3v) is 3.70. The Kier molecular flexibility index (Phi) is 7.64. The molecule has 0 spiro atoms. The highest BCUT2D eigenvalue weighted by atomic mass is 32.1. The number of likely N-dealkylation sites (N-methyl/N-ethyl adjacent to an activating group) is 1. The maximum Gasteiger partial charge on any atom is 0.240 e. The van der Waals surface area contributed by atoms with Gasteiger partial charge in [-0.05, 0) is 26.8 Å². The normalized spacial score (nSPS) is 12.7. The van der Waals surface area contributed by atoms with Crippen LogP contribution >= 0.6 is 11.3 Å². The summed E-state index contributed by atoms with van der Waals surface area (Å²) in [5, 5.41) is 21.5. The second-order valence-corrected chi connectivity index (χ2v) is 6.09. The Labute approximate surface area is 124 Å². The number of hydrogen-bond donors (Lipinski definition) is 2. The molecule has 1 aromatic rings. The first-order chi connectivity index (χ1) is 9.51. The Morgan fingerprint density at radius 3 is 2.90 bits per heavy atom. The molecule has 0 saturated carbocycles. The van der Waals surface area contributed by atoms with Gasteiger partial charge in [-0.3, -0.25) is 15.0 Å². The molecule has 1 amide bonds. The lowest BCUT2D eigenvalue weighted by Gasteiger charge is -2.16. The van der Waals surface area contributed by atoms with Crippen LogP contribution in [0.1, 0.15) is 38.1 Å². The lowest BCUT2D eigenvalue weighted by molar-refractivity contribution is -0.117. The predicted molar refractivity (Wildman–Crippen MR) is 80.9 cm³/mol. The zero-order valence-corrected chi connectivity index (χ0v) is 13.2. The zero-order chi connectivity index (χ0) is 15.0. The number of rotatable bonds is 9. The number of aromatic nitrogens is 2. The summed E-state index contributed by atoms with van der Waals surface area (Å²) >= 11 is 1.43. The van der Waals surface area contributed by atoms with Crippen LogP contribution in [0.15, 0.2) is 0 Å². The zero-order valence-electron chi connectivity index (χ0n) is 12.4. The van der Waals surface area contributed by atoms with Gasteiger partial charge in [-0.15, -0.1) is 10.2 Å². The van der Waals surface area contributed by atoms with Crippen molar-refractivity contribution >= 4 is 22.4 Å². The largest absolute Gasteiger partial charge is 0.393 e. The average Bonchev–Trinajstić information content (AvgIpc) is 2.81. The molecule has 6 nitrogen and oxygen atoms in total. The molecule has 1 atom stereocenters. The lowest BCUT2D eigenvalue weighted by Crippen LogP contribution is -2.32. The van der Waals surface area contributed by atoms with E-state index in [-0.39, 0.29) is 18.6 Å². The number of aryl methyl sites for hydroxylation is 1. The summed E-state index contributed by atoms with van der Waals surface area (Å²) in [6.07, 6.45) is 3.44. The first-order valence-corrected chi connectivity index (χ1v) is 7.81. The summed E-state index contributed by atoms with van der Waals surface area (Å²) in [7, 11) is 1.86. The number of hydrogen-bond acceptors (Lipinski definition) is 6. The number of anilines is 1. The van der Waals surface area contributed by atoms with Gasteiger partial charge in [0.1, 0.15) is 5.01 Å². The maximum atomic E-state index is 11.8. The summed E-state index contributed by atoms with van der Waals surface area (Å²) in [5.41, 5.74) is 0. The van der Waals surface area contributed by atoms with E-state index < -0.39 is 0 Å². The molecule has 0 aliphatic rings. The van der Waals surface area contributed by atoms with Gasteiger partial charge in [-0.1, -0.05) is 24.7 Å². The summed E-state index contributed by atoms with van der Waals surface area (Å²) in [6, 6.07) is 0. The second kappa shape index (κ2) is 8.99. The van der Waals surface area contributed by atoms with Gasteiger partial charge < -0.3 is 5.11 Å². The van der Waals surface area contributed by atoms with Gasteiger partial charge in [0.05, 0.1) is 12.6 Å². The molecule has 7 heteroatoms. The van der Waals surface area contributed by atoms with E-state index in [0.29, 0.717) is 18.1 Å². The molecule has 1 heterocycles. The van der Waals surface area contributed by atoms with E-state index in [4.69, 9.17) is 0 Å². The highest BCUT2D eigenvalue weighted by molar-refractivity contribution is 7.15. The number of nitrogens with one attached hydrogen (secondary N) is 1. The van der Waals surface area contributed by atoms with E-state index in [2.05, 4.69) is 22.4 Å². The highest BCUT2D eigenvalue weighted by Gasteiger charge is 2.10. The summed E-state index contributed by atoms with van der Waals surface area (Å²) < 4.78 is 0. The fraction of sp³-hybridized carbons (Fsp3) is 0.769. The number of amides is 1. The molecule has 2 N–H and O–H groups in total. The van der Waals surface area contributed by atoms with Crippen molar-refractivity contribution in [2.45, 2.75) is 45.6 Å². The van der Waals surface area contributed by atoms with Crippen LogP contribution in [0, 0.1) is 0 Å². The Morgan fingerprint density at radius 2 is 2.25 bits per heavy atom. The number of nitrogens with zero attached hydrogens (tertiary/aromatic N) is 3. The number of unbranched alkanes of at least 4 members (excludes halogenated alkanes) is 1. The molecule has 20 heavy (non-hydrogen) atoms. The van der Waals surface area contributed by atoms with E-state index >= 15 is 0 Å². The Balaban J connectivity index is 2.32.